The van der Waals surface area contributed by atoms with Gasteiger partial charge < -0.3 is 10.9 Å². The van der Waals surface area contributed by atoms with E-state index in [2.05, 4.69) is 37.8 Å². The minimum atomic E-state index is 0.0914. The number of hydrogen-bond acceptors (Lipinski definition) is 3. The van der Waals surface area contributed by atoms with Gasteiger partial charge in [0, 0.05) is 0 Å². The van der Waals surface area contributed by atoms with Crippen molar-refractivity contribution >= 4 is 5.84 Å². The van der Waals surface area contributed by atoms with Gasteiger partial charge >= 0.3 is 0 Å². The molecule has 1 saturated heterocycles. The van der Waals surface area contributed by atoms with Crippen LogP contribution in [0.25, 0.3) is 0 Å². The van der Waals surface area contributed by atoms with Crippen molar-refractivity contribution in [3.05, 3.63) is 0 Å². The molecule has 0 aromatic rings. The SMILES string of the molecule is CCC(C(N)=NO)N1CCCC(C(C)(C)C)CC1. The van der Waals surface area contributed by atoms with E-state index in [0.29, 0.717) is 11.3 Å². The first-order valence-corrected chi connectivity index (χ1v) is 7.11. The maximum Gasteiger partial charge on any atom is 0.156 e. The van der Waals surface area contributed by atoms with Gasteiger partial charge in [-0.3, -0.25) is 4.90 Å². The normalized spacial score (nSPS) is 25.8. The lowest BCUT2D eigenvalue weighted by molar-refractivity contribution is 0.198. The lowest BCUT2D eigenvalue weighted by Crippen LogP contribution is -2.45. The second-order valence-electron chi connectivity index (χ2n) is 6.48. The molecule has 0 bridgehead atoms. The van der Waals surface area contributed by atoms with Crippen molar-refractivity contribution in [1.29, 1.82) is 0 Å². The molecule has 4 nitrogen and oxygen atoms in total. The summed E-state index contributed by atoms with van der Waals surface area (Å²) in [5.74, 6) is 1.12. The van der Waals surface area contributed by atoms with E-state index < -0.39 is 0 Å². The standard InChI is InChI=1S/C14H29N3O/c1-5-12(13(15)16-18)17-9-6-7-11(8-10-17)14(2,3)4/h11-12,18H,5-10H2,1-4H3,(H2,15,16). The third kappa shape index (κ3) is 3.87. The molecule has 1 rings (SSSR count). The third-order valence-electron chi connectivity index (χ3n) is 4.27. The second-order valence-corrected chi connectivity index (χ2v) is 6.48. The van der Waals surface area contributed by atoms with Crippen molar-refractivity contribution < 1.29 is 5.21 Å². The molecule has 2 atom stereocenters. The predicted octanol–water partition coefficient (Wildman–Crippen LogP) is 2.66. The van der Waals surface area contributed by atoms with Crippen LogP contribution in [0.5, 0.6) is 0 Å². The van der Waals surface area contributed by atoms with Gasteiger partial charge in [0.05, 0.1) is 6.04 Å². The van der Waals surface area contributed by atoms with Crippen LogP contribution in [-0.2, 0) is 0 Å². The molecule has 1 aliphatic heterocycles. The molecule has 3 N–H and O–H groups in total. The molecule has 0 spiro atoms. The summed E-state index contributed by atoms with van der Waals surface area (Å²) in [6.07, 6.45) is 4.60. The monoisotopic (exact) mass is 255 g/mol. The zero-order chi connectivity index (χ0) is 13.8. The summed E-state index contributed by atoms with van der Waals surface area (Å²) in [5.41, 5.74) is 6.17. The molecule has 0 amide bonds. The van der Waals surface area contributed by atoms with Gasteiger partial charge in [-0.05, 0) is 50.1 Å². The van der Waals surface area contributed by atoms with Crippen LogP contribution in [0.2, 0.25) is 0 Å². The Kier molecular flexibility index (Phi) is 5.45. The summed E-state index contributed by atoms with van der Waals surface area (Å²) >= 11 is 0. The van der Waals surface area contributed by atoms with Gasteiger partial charge in [-0.25, -0.2) is 0 Å². The van der Waals surface area contributed by atoms with Crippen LogP contribution in [0.3, 0.4) is 0 Å². The minimum Gasteiger partial charge on any atom is -0.409 e. The number of oxime groups is 1. The second kappa shape index (κ2) is 6.41. The lowest BCUT2D eigenvalue weighted by Gasteiger charge is -2.31. The molecule has 0 saturated carbocycles. The Hall–Kier alpha value is -0.770. The van der Waals surface area contributed by atoms with E-state index in [4.69, 9.17) is 10.9 Å². The van der Waals surface area contributed by atoms with Crippen molar-refractivity contribution in [3.63, 3.8) is 0 Å². The zero-order valence-electron chi connectivity index (χ0n) is 12.3. The average Bonchev–Trinajstić information content (AvgIpc) is 2.55. The quantitative estimate of drug-likeness (QED) is 0.353. The molecule has 4 heteroatoms. The van der Waals surface area contributed by atoms with Crippen LogP contribution in [0.1, 0.15) is 53.4 Å². The van der Waals surface area contributed by atoms with Gasteiger partial charge in [0.15, 0.2) is 5.84 Å². The zero-order valence-corrected chi connectivity index (χ0v) is 12.3. The highest BCUT2D eigenvalue weighted by atomic mass is 16.4. The van der Waals surface area contributed by atoms with Gasteiger partial charge in [0.25, 0.3) is 0 Å². The topological polar surface area (TPSA) is 61.9 Å². The molecule has 0 aliphatic carbocycles. The molecule has 1 fully saturated rings. The highest BCUT2D eigenvalue weighted by Gasteiger charge is 2.29. The molecule has 0 aromatic heterocycles. The number of hydrogen-bond donors (Lipinski definition) is 2. The molecule has 1 aliphatic rings. The Labute approximate surface area is 111 Å². The predicted molar refractivity (Wildman–Crippen MR) is 75.9 cm³/mol. The summed E-state index contributed by atoms with van der Waals surface area (Å²) in [6.45, 7) is 11.2. The Morgan fingerprint density at radius 1 is 1.39 bits per heavy atom. The summed E-state index contributed by atoms with van der Waals surface area (Å²) in [7, 11) is 0. The Morgan fingerprint density at radius 3 is 2.56 bits per heavy atom. The van der Waals surface area contributed by atoms with Gasteiger partial charge in [-0.1, -0.05) is 32.9 Å². The van der Waals surface area contributed by atoms with E-state index in [1.165, 1.54) is 19.3 Å². The van der Waals surface area contributed by atoms with Crippen LogP contribution in [0.4, 0.5) is 0 Å². The van der Waals surface area contributed by atoms with Crippen LogP contribution in [0, 0.1) is 11.3 Å². The molecule has 0 radical (unpaired) electrons. The Bertz CT molecular complexity index is 283. The first kappa shape index (κ1) is 15.3. The van der Waals surface area contributed by atoms with Gasteiger partial charge in [0.1, 0.15) is 0 Å². The average molecular weight is 255 g/mol. The first-order valence-electron chi connectivity index (χ1n) is 7.11. The van der Waals surface area contributed by atoms with Crippen molar-refractivity contribution in [1.82, 2.24) is 4.90 Å². The van der Waals surface area contributed by atoms with Crippen LogP contribution < -0.4 is 5.73 Å². The molecular formula is C14H29N3O. The van der Waals surface area contributed by atoms with Gasteiger partial charge in [-0.2, -0.15) is 0 Å². The largest absolute Gasteiger partial charge is 0.409 e. The Balaban J connectivity index is 2.66. The number of nitrogens with two attached hydrogens (primary N) is 1. The van der Waals surface area contributed by atoms with E-state index in [0.717, 1.165) is 25.4 Å². The Morgan fingerprint density at radius 2 is 2.06 bits per heavy atom. The fraction of sp³-hybridized carbons (Fsp3) is 0.929. The van der Waals surface area contributed by atoms with Crippen LogP contribution in [-0.4, -0.2) is 35.1 Å². The fourth-order valence-corrected chi connectivity index (χ4v) is 3.02. The maximum atomic E-state index is 8.85. The third-order valence-corrected chi connectivity index (χ3v) is 4.27. The molecule has 0 aromatic carbocycles. The molecule has 18 heavy (non-hydrogen) atoms. The molecule has 2 unspecified atom stereocenters. The van der Waals surface area contributed by atoms with Crippen molar-refractivity contribution in [2.75, 3.05) is 13.1 Å². The van der Waals surface area contributed by atoms with Gasteiger partial charge in [-0.15, -0.1) is 0 Å². The number of nitrogens with zero attached hydrogens (tertiary/aromatic N) is 2. The highest BCUT2D eigenvalue weighted by Crippen LogP contribution is 2.34. The van der Waals surface area contributed by atoms with E-state index in [1.54, 1.807) is 0 Å². The smallest absolute Gasteiger partial charge is 0.156 e. The summed E-state index contributed by atoms with van der Waals surface area (Å²) in [5, 5.41) is 12.0. The van der Waals surface area contributed by atoms with E-state index in [9.17, 15) is 0 Å². The number of amidine groups is 1. The van der Waals surface area contributed by atoms with E-state index in [1.807, 2.05) is 0 Å². The highest BCUT2D eigenvalue weighted by molar-refractivity contribution is 5.85. The molecular weight excluding hydrogens is 226 g/mol. The maximum absolute atomic E-state index is 8.85. The van der Waals surface area contributed by atoms with Crippen molar-refractivity contribution in [2.45, 2.75) is 59.4 Å². The summed E-state index contributed by atoms with van der Waals surface area (Å²) < 4.78 is 0. The minimum absolute atomic E-state index is 0.0914. The van der Waals surface area contributed by atoms with Crippen molar-refractivity contribution in [3.8, 4) is 0 Å². The summed E-state index contributed by atoms with van der Waals surface area (Å²) in [6, 6.07) is 0.0914. The summed E-state index contributed by atoms with van der Waals surface area (Å²) in [4.78, 5) is 2.38. The van der Waals surface area contributed by atoms with Crippen LogP contribution >= 0.6 is 0 Å². The van der Waals surface area contributed by atoms with Crippen molar-refractivity contribution in [2.24, 2.45) is 22.2 Å². The fourth-order valence-electron chi connectivity index (χ4n) is 3.02. The molecule has 1 heterocycles. The van der Waals surface area contributed by atoms with E-state index >= 15 is 0 Å². The first-order chi connectivity index (χ1) is 8.40. The lowest BCUT2D eigenvalue weighted by atomic mass is 9.77. The molecule has 106 valence electrons. The van der Waals surface area contributed by atoms with Crippen LogP contribution in [0.15, 0.2) is 5.16 Å². The number of rotatable bonds is 3. The number of likely N-dealkylation sites (tertiary alicyclic amines) is 1. The van der Waals surface area contributed by atoms with E-state index in [-0.39, 0.29) is 6.04 Å². The van der Waals surface area contributed by atoms with Gasteiger partial charge in [0.2, 0.25) is 0 Å².